The van der Waals surface area contributed by atoms with Gasteiger partial charge < -0.3 is 14.9 Å². The van der Waals surface area contributed by atoms with E-state index in [1.807, 2.05) is 0 Å². The van der Waals surface area contributed by atoms with Gasteiger partial charge >= 0.3 is 0 Å². The van der Waals surface area contributed by atoms with Crippen molar-refractivity contribution in [2.75, 3.05) is 7.11 Å². The number of benzene rings is 1. The average Bonchev–Trinajstić information content (AvgIpc) is 2.09. The van der Waals surface area contributed by atoms with Crippen molar-refractivity contribution in [1.29, 1.82) is 0 Å². The Bertz CT molecular complexity index is 383. The van der Waals surface area contributed by atoms with Gasteiger partial charge in [-0.1, -0.05) is 0 Å². The van der Waals surface area contributed by atoms with Crippen LogP contribution in [0, 0.1) is 11.6 Å². The van der Waals surface area contributed by atoms with Crippen LogP contribution in [0.3, 0.4) is 0 Å². The number of rotatable bonds is 2. The zero-order valence-corrected chi connectivity index (χ0v) is 8.64. The van der Waals surface area contributed by atoms with Gasteiger partial charge in [0.2, 0.25) is 0 Å². The zero-order valence-electron chi connectivity index (χ0n) is 8.64. The molecule has 2 N–H and O–H groups in total. The van der Waals surface area contributed by atoms with Crippen molar-refractivity contribution in [3.63, 3.8) is 0 Å². The number of aromatic hydroxyl groups is 1. The van der Waals surface area contributed by atoms with Crippen molar-refractivity contribution in [1.82, 2.24) is 0 Å². The molecule has 0 spiro atoms. The van der Waals surface area contributed by atoms with E-state index in [2.05, 4.69) is 4.74 Å². The number of hydrogen-bond donors (Lipinski definition) is 2. The third-order valence-electron chi connectivity index (χ3n) is 1.98. The molecule has 0 bridgehead atoms. The van der Waals surface area contributed by atoms with Gasteiger partial charge in [0, 0.05) is 6.07 Å². The van der Waals surface area contributed by atoms with Crippen molar-refractivity contribution in [2.24, 2.45) is 0 Å². The Morgan fingerprint density at radius 3 is 2.20 bits per heavy atom. The van der Waals surface area contributed by atoms with Gasteiger partial charge in [0.1, 0.15) is 0 Å². The molecule has 0 amide bonds. The van der Waals surface area contributed by atoms with Crippen molar-refractivity contribution < 1.29 is 23.7 Å². The predicted octanol–water partition coefficient (Wildman–Crippen LogP) is 1.91. The van der Waals surface area contributed by atoms with Crippen molar-refractivity contribution in [3.05, 3.63) is 23.3 Å². The lowest BCUT2D eigenvalue weighted by Gasteiger charge is -2.20. The fourth-order valence-electron chi connectivity index (χ4n) is 1.28. The Kier molecular flexibility index (Phi) is 2.86. The highest BCUT2D eigenvalue weighted by atomic mass is 19.1. The zero-order chi connectivity index (χ0) is 11.8. The first-order valence-electron chi connectivity index (χ1n) is 4.26. The van der Waals surface area contributed by atoms with Crippen LogP contribution in [-0.4, -0.2) is 17.3 Å². The molecule has 0 unspecified atom stereocenters. The Labute approximate surface area is 85.9 Å². The number of methoxy groups -OCH3 is 1. The lowest BCUT2D eigenvalue weighted by Crippen LogP contribution is -2.20. The Balaban J connectivity index is 3.55. The summed E-state index contributed by atoms with van der Waals surface area (Å²) < 4.78 is 31.5. The molecule has 0 fully saturated rings. The lowest BCUT2D eigenvalue weighted by molar-refractivity contribution is 0.0688. The van der Waals surface area contributed by atoms with Gasteiger partial charge in [-0.05, 0) is 13.8 Å². The molecule has 0 aliphatic rings. The molecule has 84 valence electrons. The molecule has 0 aliphatic heterocycles. The molecular weight excluding hydrogens is 206 g/mol. The molecule has 0 aliphatic carbocycles. The summed E-state index contributed by atoms with van der Waals surface area (Å²) in [6.45, 7) is 2.43. The van der Waals surface area contributed by atoms with Gasteiger partial charge in [-0.3, -0.25) is 0 Å². The summed E-state index contributed by atoms with van der Waals surface area (Å²) >= 11 is 0. The molecule has 5 heteroatoms. The molecule has 0 saturated heterocycles. The fourth-order valence-corrected chi connectivity index (χ4v) is 1.28. The van der Waals surface area contributed by atoms with E-state index in [4.69, 9.17) is 5.11 Å². The Morgan fingerprint density at radius 1 is 1.27 bits per heavy atom. The minimum atomic E-state index is -1.74. The van der Waals surface area contributed by atoms with Gasteiger partial charge in [0.05, 0.1) is 18.3 Å². The van der Waals surface area contributed by atoms with E-state index in [-0.39, 0.29) is 5.75 Å². The third kappa shape index (κ3) is 2.02. The highest BCUT2D eigenvalue weighted by Gasteiger charge is 2.29. The first kappa shape index (κ1) is 11.7. The van der Waals surface area contributed by atoms with E-state index in [1.54, 1.807) is 0 Å². The predicted molar refractivity (Wildman–Crippen MR) is 49.8 cm³/mol. The van der Waals surface area contributed by atoms with Crippen LogP contribution in [0.25, 0.3) is 0 Å². The largest absolute Gasteiger partial charge is 0.505 e. The number of hydrogen-bond acceptors (Lipinski definition) is 3. The molecule has 1 aromatic carbocycles. The molecule has 0 aromatic heterocycles. The molecule has 0 atom stereocenters. The smallest absolute Gasteiger partial charge is 0.174 e. The molecule has 15 heavy (non-hydrogen) atoms. The number of halogens is 2. The maximum absolute atomic E-state index is 13.6. The minimum absolute atomic E-state index is 0.314. The number of ether oxygens (including phenoxy) is 1. The van der Waals surface area contributed by atoms with Crippen LogP contribution in [0.2, 0.25) is 0 Å². The van der Waals surface area contributed by atoms with Gasteiger partial charge in [0.25, 0.3) is 0 Å². The van der Waals surface area contributed by atoms with Crippen molar-refractivity contribution in [3.8, 4) is 11.5 Å². The summed E-state index contributed by atoms with van der Waals surface area (Å²) in [4.78, 5) is 0. The number of phenolic OH excluding ortho intramolecular Hbond substituents is 1. The Hall–Kier alpha value is -1.36. The van der Waals surface area contributed by atoms with Crippen LogP contribution in [0.5, 0.6) is 11.5 Å². The van der Waals surface area contributed by atoms with Crippen LogP contribution >= 0.6 is 0 Å². The summed E-state index contributed by atoms with van der Waals surface area (Å²) in [7, 11) is 1.18. The summed E-state index contributed by atoms with van der Waals surface area (Å²) in [5, 5.41) is 18.7. The second kappa shape index (κ2) is 3.66. The first-order valence-corrected chi connectivity index (χ1v) is 4.26. The molecule has 1 rings (SSSR count). The van der Waals surface area contributed by atoms with E-state index < -0.39 is 28.5 Å². The summed E-state index contributed by atoms with van der Waals surface area (Å²) in [6.07, 6.45) is 0. The molecule has 3 nitrogen and oxygen atoms in total. The van der Waals surface area contributed by atoms with Gasteiger partial charge in [-0.25, -0.2) is 8.78 Å². The summed E-state index contributed by atoms with van der Waals surface area (Å²) in [5.41, 5.74) is -2.35. The molecule has 0 saturated carbocycles. The topological polar surface area (TPSA) is 49.7 Å². The fraction of sp³-hybridized carbons (Fsp3) is 0.400. The minimum Gasteiger partial charge on any atom is -0.505 e. The first-order chi connectivity index (χ1) is 6.79. The van der Waals surface area contributed by atoms with Gasteiger partial charge in [-0.2, -0.15) is 0 Å². The van der Waals surface area contributed by atoms with Crippen LogP contribution in [0.15, 0.2) is 6.07 Å². The molecule has 0 radical (unpaired) electrons. The van der Waals surface area contributed by atoms with E-state index >= 15 is 0 Å². The second-order valence-electron chi connectivity index (χ2n) is 3.66. The lowest BCUT2D eigenvalue weighted by atomic mass is 9.96. The van der Waals surface area contributed by atoms with E-state index in [1.165, 1.54) is 21.0 Å². The average molecular weight is 218 g/mol. The molecule has 0 heterocycles. The van der Waals surface area contributed by atoms with Crippen molar-refractivity contribution in [2.45, 2.75) is 19.4 Å². The number of aliphatic hydroxyl groups is 1. The van der Waals surface area contributed by atoms with Crippen LogP contribution in [0.1, 0.15) is 19.4 Å². The third-order valence-corrected chi connectivity index (χ3v) is 1.98. The number of phenols is 1. The monoisotopic (exact) mass is 218 g/mol. The maximum Gasteiger partial charge on any atom is 0.174 e. The van der Waals surface area contributed by atoms with Crippen molar-refractivity contribution >= 4 is 0 Å². The molecule has 1 aromatic rings. The standard InChI is InChI=1S/C10H12F2O3/c1-10(2,14)7-8(11)5(13)4-6(15-3)9(7)12/h4,13-14H,1-3H3. The van der Waals surface area contributed by atoms with E-state index in [9.17, 15) is 13.9 Å². The summed E-state index contributed by atoms with van der Waals surface area (Å²) in [5.74, 6) is -3.27. The van der Waals surface area contributed by atoms with Crippen LogP contribution < -0.4 is 4.74 Å². The van der Waals surface area contributed by atoms with Crippen LogP contribution in [-0.2, 0) is 5.60 Å². The highest BCUT2D eigenvalue weighted by Crippen LogP contribution is 2.36. The molecular formula is C10H12F2O3. The van der Waals surface area contributed by atoms with Gasteiger partial charge in [-0.15, -0.1) is 0 Å². The SMILES string of the molecule is COc1cc(O)c(F)c(C(C)(C)O)c1F. The quantitative estimate of drug-likeness (QED) is 0.797. The maximum atomic E-state index is 13.6. The van der Waals surface area contributed by atoms with E-state index in [0.29, 0.717) is 0 Å². The second-order valence-corrected chi connectivity index (χ2v) is 3.66. The Morgan fingerprint density at radius 2 is 1.80 bits per heavy atom. The van der Waals surface area contributed by atoms with Crippen LogP contribution in [0.4, 0.5) is 8.78 Å². The van der Waals surface area contributed by atoms with Gasteiger partial charge in [0.15, 0.2) is 23.1 Å². The van der Waals surface area contributed by atoms with E-state index in [0.717, 1.165) is 6.07 Å². The normalized spacial score (nSPS) is 11.6. The summed E-state index contributed by atoms with van der Waals surface area (Å²) in [6, 6.07) is 0.819. The highest BCUT2D eigenvalue weighted by molar-refractivity contribution is 5.43.